The Morgan fingerprint density at radius 3 is 2.78 bits per heavy atom. The van der Waals surface area contributed by atoms with E-state index in [1.165, 1.54) is 6.07 Å². The second-order valence-corrected chi connectivity index (χ2v) is 4.29. The Hall–Kier alpha value is -1.88. The average molecular weight is 248 g/mol. The van der Waals surface area contributed by atoms with Crippen LogP contribution >= 0.6 is 0 Å². The molecular formula is C13H16N2O3. The molecule has 5 heteroatoms. The van der Waals surface area contributed by atoms with Gasteiger partial charge in [0.25, 0.3) is 5.69 Å². The van der Waals surface area contributed by atoms with Crippen LogP contribution in [-0.4, -0.2) is 21.2 Å². The summed E-state index contributed by atoms with van der Waals surface area (Å²) in [5, 5.41) is 20.3. The van der Waals surface area contributed by atoms with Crippen LogP contribution in [0.5, 0.6) is 0 Å². The van der Waals surface area contributed by atoms with Crippen molar-refractivity contribution in [3.05, 3.63) is 40.6 Å². The van der Waals surface area contributed by atoms with Gasteiger partial charge in [0.05, 0.1) is 4.92 Å². The summed E-state index contributed by atoms with van der Waals surface area (Å²) >= 11 is 0. The zero-order chi connectivity index (χ0) is 13.0. The van der Waals surface area contributed by atoms with Crippen molar-refractivity contribution < 1.29 is 10.0 Å². The molecule has 0 aliphatic heterocycles. The molecule has 96 valence electrons. The zero-order valence-electron chi connectivity index (χ0n) is 10.1. The first-order valence-corrected chi connectivity index (χ1v) is 6.06. The van der Waals surface area contributed by atoms with E-state index in [0.717, 1.165) is 36.7 Å². The summed E-state index contributed by atoms with van der Waals surface area (Å²) in [5.74, 6) is 0. The normalized spacial score (nSPS) is 10.9. The molecule has 1 N–H and O–H groups in total. The van der Waals surface area contributed by atoms with Crippen molar-refractivity contribution in [1.29, 1.82) is 0 Å². The van der Waals surface area contributed by atoms with Crippen LogP contribution in [-0.2, 0) is 6.54 Å². The van der Waals surface area contributed by atoms with E-state index in [1.807, 2.05) is 12.3 Å². The Morgan fingerprint density at radius 1 is 1.22 bits per heavy atom. The van der Waals surface area contributed by atoms with Crippen molar-refractivity contribution in [2.75, 3.05) is 6.61 Å². The van der Waals surface area contributed by atoms with Crippen molar-refractivity contribution in [2.45, 2.75) is 25.8 Å². The van der Waals surface area contributed by atoms with Gasteiger partial charge >= 0.3 is 0 Å². The first-order valence-electron chi connectivity index (χ1n) is 6.06. The number of aromatic nitrogens is 1. The predicted molar refractivity (Wildman–Crippen MR) is 69.5 cm³/mol. The SMILES string of the molecule is O=[N+]([O-])c1ccc2c(ccn2CCCCCO)c1. The highest BCUT2D eigenvalue weighted by Crippen LogP contribution is 2.22. The van der Waals surface area contributed by atoms with E-state index >= 15 is 0 Å². The molecule has 0 saturated heterocycles. The number of nitro benzene ring substituents is 1. The van der Waals surface area contributed by atoms with Crippen LogP contribution in [0.15, 0.2) is 30.5 Å². The minimum atomic E-state index is -0.377. The molecule has 0 radical (unpaired) electrons. The molecule has 0 aliphatic rings. The van der Waals surface area contributed by atoms with Gasteiger partial charge in [0.2, 0.25) is 0 Å². The molecule has 18 heavy (non-hydrogen) atoms. The van der Waals surface area contributed by atoms with Crippen molar-refractivity contribution in [1.82, 2.24) is 4.57 Å². The minimum Gasteiger partial charge on any atom is -0.396 e. The smallest absolute Gasteiger partial charge is 0.270 e. The summed E-state index contributed by atoms with van der Waals surface area (Å²) in [6, 6.07) is 6.82. The first kappa shape index (κ1) is 12.6. The molecule has 1 aromatic heterocycles. The fourth-order valence-electron chi connectivity index (χ4n) is 2.07. The number of hydrogen-bond acceptors (Lipinski definition) is 3. The van der Waals surface area contributed by atoms with Crippen LogP contribution < -0.4 is 0 Å². The third kappa shape index (κ3) is 2.68. The molecule has 1 heterocycles. The maximum absolute atomic E-state index is 10.7. The molecule has 5 nitrogen and oxygen atoms in total. The van der Waals surface area contributed by atoms with Gasteiger partial charge < -0.3 is 9.67 Å². The van der Waals surface area contributed by atoms with E-state index in [0.29, 0.717) is 0 Å². The second-order valence-electron chi connectivity index (χ2n) is 4.29. The topological polar surface area (TPSA) is 68.3 Å². The largest absolute Gasteiger partial charge is 0.396 e. The van der Waals surface area contributed by atoms with Gasteiger partial charge in [0, 0.05) is 42.4 Å². The lowest BCUT2D eigenvalue weighted by Crippen LogP contribution is -1.96. The summed E-state index contributed by atoms with van der Waals surface area (Å²) in [6.45, 7) is 1.11. The average Bonchev–Trinajstić information content (AvgIpc) is 2.77. The molecule has 0 fully saturated rings. The summed E-state index contributed by atoms with van der Waals surface area (Å²) in [5.41, 5.74) is 1.14. The van der Waals surface area contributed by atoms with E-state index in [1.54, 1.807) is 12.1 Å². The summed E-state index contributed by atoms with van der Waals surface area (Å²) < 4.78 is 2.09. The van der Waals surface area contributed by atoms with Crippen LogP contribution in [0, 0.1) is 10.1 Å². The van der Waals surface area contributed by atoms with Crippen LogP contribution in [0.3, 0.4) is 0 Å². The van der Waals surface area contributed by atoms with Gasteiger partial charge in [-0.3, -0.25) is 10.1 Å². The quantitative estimate of drug-likeness (QED) is 0.485. The number of nitrogens with zero attached hydrogens (tertiary/aromatic N) is 2. The summed E-state index contributed by atoms with van der Waals surface area (Å²) in [6.07, 6.45) is 4.77. The van der Waals surface area contributed by atoms with E-state index in [2.05, 4.69) is 4.57 Å². The van der Waals surface area contributed by atoms with Crippen molar-refractivity contribution in [2.24, 2.45) is 0 Å². The maximum atomic E-state index is 10.7. The number of fused-ring (bicyclic) bond motifs is 1. The first-order chi connectivity index (χ1) is 8.72. The Bertz CT molecular complexity index is 548. The van der Waals surface area contributed by atoms with Crippen molar-refractivity contribution in [3.63, 3.8) is 0 Å². The number of benzene rings is 1. The lowest BCUT2D eigenvalue weighted by Gasteiger charge is -2.04. The molecular weight excluding hydrogens is 232 g/mol. The summed E-state index contributed by atoms with van der Waals surface area (Å²) in [4.78, 5) is 10.3. The number of aliphatic hydroxyl groups excluding tert-OH is 1. The third-order valence-corrected chi connectivity index (χ3v) is 3.02. The minimum absolute atomic E-state index is 0.125. The number of aliphatic hydroxyl groups is 1. The van der Waals surface area contributed by atoms with Crippen LogP contribution in [0.1, 0.15) is 19.3 Å². The highest BCUT2D eigenvalue weighted by molar-refractivity contribution is 5.82. The second kappa shape index (κ2) is 5.64. The van der Waals surface area contributed by atoms with Crippen molar-refractivity contribution in [3.8, 4) is 0 Å². The van der Waals surface area contributed by atoms with Gasteiger partial charge in [0.1, 0.15) is 0 Å². The Morgan fingerprint density at radius 2 is 2.06 bits per heavy atom. The molecule has 0 atom stereocenters. The molecule has 2 aromatic rings. The fourth-order valence-corrected chi connectivity index (χ4v) is 2.07. The molecule has 0 unspecified atom stereocenters. The van der Waals surface area contributed by atoms with Gasteiger partial charge in [-0.05, 0) is 31.4 Å². The van der Waals surface area contributed by atoms with Gasteiger partial charge in [-0.25, -0.2) is 0 Å². The number of unbranched alkanes of at least 4 members (excludes halogenated alkanes) is 2. The molecule has 0 spiro atoms. The third-order valence-electron chi connectivity index (χ3n) is 3.02. The monoisotopic (exact) mass is 248 g/mol. The fraction of sp³-hybridized carbons (Fsp3) is 0.385. The van der Waals surface area contributed by atoms with E-state index in [9.17, 15) is 10.1 Å². The van der Waals surface area contributed by atoms with E-state index < -0.39 is 0 Å². The molecule has 0 aliphatic carbocycles. The predicted octanol–water partition coefficient (Wildman–Crippen LogP) is 2.71. The van der Waals surface area contributed by atoms with Gasteiger partial charge in [-0.1, -0.05) is 0 Å². The zero-order valence-corrected chi connectivity index (χ0v) is 10.1. The molecule has 1 aromatic carbocycles. The number of non-ortho nitro benzene ring substituents is 1. The number of hydrogen-bond donors (Lipinski definition) is 1. The summed E-state index contributed by atoms with van der Waals surface area (Å²) in [7, 11) is 0. The van der Waals surface area contributed by atoms with Gasteiger partial charge in [0.15, 0.2) is 0 Å². The van der Waals surface area contributed by atoms with E-state index in [4.69, 9.17) is 5.11 Å². The highest BCUT2D eigenvalue weighted by atomic mass is 16.6. The highest BCUT2D eigenvalue weighted by Gasteiger charge is 2.08. The Labute approximate surface area is 105 Å². The number of nitro groups is 1. The Balaban J connectivity index is 2.13. The van der Waals surface area contributed by atoms with Crippen LogP contribution in [0.25, 0.3) is 10.9 Å². The molecule has 2 rings (SSSR count). The van der Waals surface area contributed by atoms with Gasteiger partial charge in [-0.2, -0.15) is 0 Å². The number of rotatable bonds is 6. The maximum Gasteiger partial charge on any atom is 0.270 e. The van der Waals surface area contributed by atoms with Crippen molar-refractivity contribution >= 4 is 16.6 Å². The number of aryl methyl sites for hydroxylation is 1. The standard InChI is InChI=1S/C13H16N2O3/c16-9-3-1-2-7-14-8-6-11-10-12(15(17)18)4-5-13(11)14/h4-6,8,10,16H,1-3,7,9H2. The lowest BCUT2D eigenvalue weighted by atomic mass is 10.2. The van der Waals surface area contributed by atoms with Gasteiger partial charge in [-0.15, -0.1) is 0 Å². The molecule has 0 saturated carbocycles. The Kier molecular flexibility index (Phi) is 3.94. The molecule has 0 bridgehead atoms. The van der Waals surface area contributed by atoms with Crippen LogP contribution in [0.4, 0.5) is 5.69 Å². The van der Waals surface area contributed by atoms with E-state index in [-0.39, 0.29) is 17.2 Å². The van der Waals surface area contributed by atoms with Crippen LogP contribution in [0.2, 0.25) is 0 Å². The molecule has 0 amide bonds. The lowest BCUT2D eigenvalue weighted by molar-refractivity contribution is -0.384.